The quantitative estimate of drug-likeness (QED) is 0.842. The average molecular weight is 270 g/mol. The lowest BCUT2D eigenvalue weighted by Gasteiger charge is -2.10. The van der Waals surface area contributed by atoms with Gasteiger partial charge in [0.1, 0.15) is 0 Å². The summed E-state index contributed by atoms with van der Waals surface area (Å²) in [5.41, 5.74) is 5.54. The number of rotatable bonds is 6. The Morgan fingerprint density at radius 2 is 1.80 bits per heavy atom. The second-order valence-corrected chi connectivity index (χ2v) is 6.09. The molecule has 0 atom stereocenters. The Hall–Kier alpha value is -1.54. The molecule has 1 aromatic carbocycles. The molecule has 2 aromatic rings. The first kappa shape index (κ1) is 14.9. The summed E-state index contributed by atoms with van der Waals surface area (Å²) in [6.45, 7) is 11.8. The molecular formula is C18H26N2. The lowest BCUT2D eigenvalue weighted by molar-refractivity contribution is 0.552. The van der Waals surface area contributed by atoms with E-state index in [0.717, 1.165) is 19.6 Å². The number of aromatic nitrogens is 1. The smallest absolute Gasteiger partial charge is 0.0475 e. The van der Waals surface area contributed by atoms with Gasteiger partial charge < -0.3 is 9.88 Å². The first-order valence-electron chi connectivity index (χ1n) is 7.46. The van der Waals surface area contributed by atoms with Crippen LogP contribution < -0.4 is 5.32 Å². The van der Waals surface area contributed by atoms with E-state index in [1.165, 1.54) is 22.3 Å². The van der Waals surface area contributed by atoms with Crippen LogP contribution in [-0.4, -0.2) is 11.1 Å². The summed E-state index contributed by atoms with van der Waals surface area (Å²) in [6, 6.07) is 8.72. The fourth-order valence-corrected chi connectivity index (χ4v) is 2.48. The van der Waals surface area contributed by atoms with Crippen molar-refractivity contribution in [3.05, 3.63) is 58.9 Å². The molecule has 1 heterocycles. The Bertz CT molecular complexity index is 532. The number of benzene rings is 1. The minimum atomic E-state index is 0.701. The van der Waals surface area contributed by atoms with Crippen LogP contribution in [0.15, 0.2) is 36.7 Å². The number of nitrogens with one attached hydrogen (secondary N) is 1. The predicted molar refractivity (Wildman–Crippen MR) is 86.0 cm³/mol. The molecule has 2 nitrogen and oxygen atoms in total. The van der Waals surface area contributed by atoms with Gasteiger partial charge in [-0.15, -0.1) is 0 Å². The van der Waals surface area contributed by atoms with Gasteiger partial charge >= 0.3 is 0 Å². The van der Waals surface area contributed by atoms with Crippen LogP contribution in [0, 0.1) is 19.8 Å². The zero-order valence-corrected chi connectivity index (χ0v) is 13.1. The molecule has 2 heteroatoms. The van der Waals surface area contributed by atoms with Crippen molar-refractivity contribution < 1.29 is 0 Å². The van der Waals surface area contributed by atoms with E-state index in [0.29, 0.717) is 5.92 Å². The van der Waals surface area contributed by atoms with Gasteiger partial charge in [0.25, 0.3) is 0 Å². The number of hydrogen-bond acceptors (Lipinski definition) is 1. The minimum Gasteiger partial charge on any atom is -0.350 e. The highest BCUT2D eigenvalue weighted by atomic mass is 14.9. The molecule has 1 N–H and O–H groups in total. The molecule has 20 heavy (non-hydrogen) atoms. The van der Waals surface area contributed by atoms with Crippen LogP contribution in [0.2, 0.25) is 0 Å². The zero-order chi connectivity index (χ0) is 14.5. The van der Waals surface area contributed by atoms with Gasteiger partial charge in [0, 0.05) is 25.5 Å². The molecule has 0 saturated heterocycles. The third-order valence-electron chi connectivity index (χ3n) is 3.68. The lowest BCUT2D eigenvalue weighted by Crippen LogP contribution is -2.18. The molecule has 0 aliphatic carbocycles. The molecule has 0 fully saturated rings. The Morgan fingerprint density at radius 1 is 1.10 bits per heavy atom. The van der Waals surface area contributed by atoms with Gasteiger partial charge in [-0.1, -0.05) is 32.0 Å². The van der Waals surface area contributed by atoms with Gasteiger partial charge in [0.15, 0.2) is 0 Å². The van der Waals surface area contributed by atoms with E-state index in [9.17, 15) is 0 Å². The van der Waals surface area contributed by atoms with E-state index in [-0.39, 0.29) is 0 Å². The summed E-state index contributed by atoms with van der Waals surface area (Å²) in [4.78, 5) is 0. The molecule has 0 bridgehead atoms. The van der Waals surface area contributed by atoms with Crippen LogP contribution in [-0.2, 0) is 13.1 Å². The van der Waals surface area contributed by atoms with E-state index >= 15 is 0 Å². The first-order chi connectivity index (χ1) is 9.56. The van der Waals surface area contributed by atoms with Crippen molar-refractivity contribution in [1.29, 1.82) is 0 Å². The highest BCUT2D eigenvalue weighted by Crippen LogP contribution is 2.15. The van der Waals surface area contributed by atoms with Crippen molar-refractivity contribution in [3.8, 4) is 0 Å². The third kappa shape index (κ3) is 3.97. The van der Waals surface area contributed by atoms with Gasteiger partial charge in [-0.25, -0.2) is 0 Å². The van der Waals surface area contributed by atoms with E-state index < -0.39 is 0 Å². The zero-order valence-electron chi connectivity index (χ0n) is 13.1. The van der Waals surface area contributed by atoms with Crippen LogP contribution in [0.3, 0.4) is 0 Å². The summed E-state index contributed by atoms with van der Waals surface area (Å²) in [5, 5.41) is 3.49. The van der Waals surface area contributed by atoms with Gasteiger partial charge in [-0.05, 0) is 54.6 Å². The molecule has 0 aliphatic rings. The molecular weight excluding hydrogens is 244 g/mol. The second-order valence-electron chi connectivity index (χ2n) is 6.09. The molecule has 0 radical (unpaired) electrons. The molecule has 0 aliphatic heterocycles. The van der Waals surface area contributed by atoms with Crippen LogP contribution >= 0.6 is 0 Å². The third-order valence-corrected chi connectivity index (χ3v) is 3.68. The normalized spacial score (nSPS) is 11.2. The predicted octanol–water partition coefficient (Wildman–Crippen LogP) is 3.90. The van der Waals surface area contributed by atoms with Crippen LogP contribution in [0.5, 0.6) is 0 Å². The molecule has 1 aromatic heterocycles. The van der Waals surface area contributed by atoms with E-state index in [2.05, 4.69) is 74.2 Å². The van der Waals surface area contributed by atoms with Crippen LogP contribution in [0.4, 0.5) is 0 Å². The Kier molecular flexibility index (Phi) is 5.02. The maximum Gasteiger partial charge on any atom is 0.0475 e. The molecule has 2 rings (SSSR count). The first-order valence-corrected chi connectivity index (χ1v) is 7.46. The topological polar surface area (TPSA) is 17.0 Å². The SMILES string of the molecule is Cc1cccc(C)c1Cn1ccc(CNCC(C)C)c1. The Balaban J connectivity index is 1.99. The summed E-state index contributed by atoms with van der Waals surface area (Å²) in [6.07, 6.45) is 4.43. The molecule has 108 valence electrons. The van der Waals surface area contributed by atoms with Crippen molar-refractivity contribution in [3.63, 3.8) is 0 Å². The maximum atomic E-state index is 3.49. The van der Waals surface area contributed by atoms with Crippen molar-refractivity contribution in [2.24, 2.45) is 5.92 Å². The Morgan fingerprint density at radius 3 is 2.45 bits per heavy atom. The van der Waals surface area contributed by atoms with Crippen molar-refractivity contribution >= 4 is 0 Å². The average Bonchev–Trinajstić information content (AvgIpc) is 2.81. The van der Waals surface area contributed by atoms with Crippen molar-refractivity contribution in [2.75, 3.05) is 6.54 Å². The fraction of sp³-hybridized carbons (Fsp3) is 0.444. The van der Waals surface area contributed by atoms with Crippen LogP contribution in [0.1, 0.15) is 36.1 Å². The largest absolute Gasteiger partial charge is 0.350 e. The second kappa shape index (κ2) is 6.76. The van der Waals surface area contributed by atoms with E-state index in [1.807, 2.05) is 0 Å². The lowest BCUT2D eigenvalue weighted by atomic mass is 10.0. The fourth-order valence-electron chi connectivity index (χ4n) is 2.48. The van der Waals surface area contributed by atoms with Gasteiger partial charge in [-0.2, -0.15) is 0 Å². The molecule has 0 unspecified atom stereocenters. The standard InChI is InChI=1S/C18H26N2/c1-14(2)10-19-11-17-8-9-20(12-17)13-18-15(3)6-5-7-16(18)4/h5-9,12,14,19H,10-11,13H2,1-4H3. The summed E-state index contributed by atoms with van der Waals surface area (Å²) >= 11 is 0. The number of hydrogen-bond donors (Lipinski definition) is 1. The van der Waals surface area contributed by atoms with E-state index in [1.54, 1.807) is 0 Å². The van der Waals surface area contributed by atoms with Gasteiger partial charge in [0.05, 0.1) is 0 Å². The summed E-state index contributed by atoms with van der Waals surface area (Å²) < 4.78 is 2.28. The number of aryl methyl sites for hydroxylation is 2. The highest BCUT2D eigenvalue weighted by Gasteiger charge is 2.04. The minimum absolute atomic E-state index is 0.701. The van der Waals surface area contributed by atoms with Gasteiger partial charge in [-0.3, -0.25) is 0 Å². The monoisotopic (exact) mass is 270 g/mol. The van der Waals surface area contributed by atoms with Gasteiger partial charge in [0.2, 0.25) is 0 Å². The Labute approximate surface area is 122 Å². The summed E-state index contributed by atoms with van der Waals surface area (Å²) in [5.74, 6) is 0.701. The van der Waals surface area contributed by atoms with Crippen LogP contribution in [0.25, 0.3) is 0 Å². The van der Waals surface area contributed by atoms with E-state index in [4.69, 9.17) is 0 Å². The maximum absolute atomic E-state index is 3.49. The molecule has 0 spiro atoms. The highest BCUT2D eigenvalue weighted by molar-refractivity contribution is 5.33. The van der Waals surface area contributed by atoms with Crippen molar-refractivity contribution in [2.45, 2.75) is 40.8 Å². The molecule has 0 saturated carbocycles. The molecule has 0 amide bonds. The summed E-state index contributed by atoms with van der Waals surface area (Å²) in [7, 11) is 0. The number of nitrogens with zero attached hydrogens (tertiary/aromatic N) is 1. The van der Waals surface area contributed by atoms with Crippen molar-refractivity contribution in [1.82, 2.24) is 9.88 Å².